The lowest BCUT2D eigenvalue weighted by atomic mass is 10.2. The summed E-state index contributed by atoms with van der Waals surface area (Å²) in [4.78, 5) is 25.8. The molecule has 2 aromatic carbocycles. The molecule has 3 aromatic rings. The summed E-state index contributed by atoms with van der Waals surface area (Å²) in [6, 6.07) is 15.2. The van der Waals surface area contributed by atoms with E-state index in [4.69, 9.17) is 9.47 Å². The molecule has 9 heteroatoms. The quantitative estimate of drug-likeness (QED) is 0.614. The van der Waals surface area contributed by atoms with Gasteiger partial charge in [0, 0.05) is 31.9 Å². The number of para-hydroxylation sites is 2. The number of nitrogens with one attached hydrogen (secondary N) is 2. The normalized spacial score (nSPS) is 13.4. The Bertz CT molecular complexity index is 1040. The van der Waals surface area contributed by atoms with E-state index in [1.807, 2.05) is 6.07 Å². The summed E-state index contributed by atoms with van der Waals surface area (Å²) < 4.78 is 10.6. The maximum atomic E-state index is 12.4. The van der Waals surface area contributed by atoms with Gasteiger partial charge in [-0.25, -0.2) is 14.8 Å². The van der Waals surface area contributed by atoms with Crippen molar-refractivity contribution in [1.82, 2.24) is 9.97 Å². The van der Waals surface area contributed by atoms with Crippen LogP contribution in [-0.4, -0.2) is 56.4 Å². The van der Waals surface area contributed by atoms with Gasteiger partial charge in [0.2, 0.25) is 5.95 Å². The average Bonchev–Trinajstić information content (AvgIpc) is 2.85. The highest BCUT2D eigenvalue weighted by atomic mass is 16.5. The molecule has 2 N–H and O–H groups in total. The molecule has 0 bridgehead atoms. The Hall–Kier alpha value is -4.01. The maximum absolute atomic E-state index is 12.4. The number of urea groups is 1. The second-order valence-electron chi connectivity index (χ2n) is 7.20. The van der Waals surface area contributed by atoms with Crippen molar-refractivity contribution >= 4 is 29.0 Å². The first-order valence-corrected chi connectivity index (χ1v) is 10.3. The second kappa shape index (κ2) is 9.86. The lowest BCUT2D eigenvalue weighted by Gasteiger charge is -2.36. The van der Waals surface area contributed by atoms with Gasteiger partial charge in [0.25, 0.3) is 0 Å². The number of anilines is 4. The summed E-state index contributed by atoms with van der Waals surface area (Å²) in [6.45, 7) is 3.46. The van der Waals surface area contributed by atoms with E-state index in [9.17, 15) is 4.79 Å². The van der Waals surface area contributed by atoms with Crippen LogP contribution in [0.25, 0.3) is 0 Å². The highest BCUT2D eigenvalue weighted by Gasteiger charge is 2.19. The van der Waals surface area contributed by atoms with Crippen LogP contribution < -0.4 is 29.9 Å². The Morgan fingerprint density at radius 1 is 0.844 bits per heavy atom. The summed E-state index contributed by atoms with van der Waals surface area (Å²) in [6.07, 6.45) is 3.21. The molecule has 0 saturated carbocycles. The molecule has 1 saturated heterocycles. The number of piperazine rings is 1. The van der Waals surface area contributed by atoms with Crippen LogP contribution in [-0.2, 0) is 0 Å². The van der Waals surface area contributed by atoms with E-state index in [1.165, 1.54) is 12.8 Å². The third kappa shape index (κ3) is 4.83. The van der Waals surface area contributed by atoms with Crippen molar-refractivity contribution in [3.8, 4) is 11.5 Å². The van der Waals surface area contributed by atoms with Gasteiger partial charge in [-0.05, 0) is 24.3 Å². The number of amides is 2. The van der Waals surface area contributed by atoms with E-state index in [0.717, 1.165) is 26.2 Å². The molecule has 1 aliphatic heterocycles. The van der Waals surface area contributed by atoms with E-state index in [1.54, 1.807) is 37.7 Å². The number of methoxy groups -OCH3 is 2. The number of nitrogens with zero attached hydrogens (tertiary/aromatic N) is 4. The molecule has 32 heavy (non-hydrogen) atoms. The Labute approximate surface area is 187 Å². The van der Waals surface area contributed by atoms with E-state index >= 15 is 0 Å². The number of rotatable bonds is 6. The second-order valence-corrected chi connectivity index (χ2v) is 7.20. The molecule has 1 aliphatic rings. The minimum Gasteiger partial charge on any atom is -0.493 e. The molecule has 166 valence electrons. The van der Waals surface area contributed by atoms with Crippen molar-refractivity contribution in [2.75, 3.05) is 60.8 Å². The van der Waals surface area contributed by atoms with Crippen LogP contribution in [0.5, 0.6) is 11.5 Å². The van der Waals surface area contributed by atoms with Crippen molar-refractivity contribution in [1.29, 1.82) is 0 Å². The van der Waals surface area contributed by atoms with Gasteiger partial charge < -0.3 is 29.9 Å². The summed E-state index contributed by atoms with van der Waals surface area (Å²) >= 11 is 0. The van der Waals surface area contributed by atoms with Crippen LogP contribution in [0.15, 0.2) is 60.9 Å². The molecule has 4 rings (SSSR count). The van der Waals surface area contributed by atoms with E-state index < -0.39 is 6.03 Å². The highest BCUT2D eigenvalue weighted by Crippen LogP contribution is 2.34. The summed E-state index contributed by atoms with van der Waals surface area (Å²) in [5, 5.41) is 5.50. The number of aromatic nitrogens is 2. The highest BCUT2D eigenvalue weighted by molar-refractivity contribution is 6.00. The fourth-order valence-corrected chi connectivity index (χ4v) is 3.62. The molecule has 0 aliphatic carbocycles. The average molecular weight is 435 g/mol. The molecule has 1 fully saturated rings. The lowest BCUT2D eigenvalue weighted by molar-refractivity contribution is 0.262. The molecular formula is C23H26N6O3. The van der Waals surface area contributed by atoms with Crippen molar-refractivity contribution in [3.63, 3.8) is 0 Å². The minimum absolute atomic E-state index is 0.427. The zero-order valence-electron chi connectivity index (χ0n) is 18.1. The van der Waals surface area contributed by atoms with E-state index in [2.05, 4.69) is 54.7 Å². The molecule has 9 nitrogen and oxygen atoms in total. The molecule has 0 spiro atoms. The Morgan fingerprint density at radius 2 is 1.53 bits per heavy atom. The predicted octanol–water partition coefficient (Wildman–Crippen LogP) is 3.46. The topological polar surface area (TPSA) is 91.8 Å². The first-order chi connectivity index (χ1) is 15.7. The van der Waals surface area contributed by atoms with Crippen LogP contribution in [0.1, 0.15) is 0 Å². The van der Waals surface area contributed by atoms with Gasteiger partial charge in [-0.1, -0.05) is 24.3 Å². The standard InChI is InChI=1S/C23H26N6O3/c1-31-20-10-6-9-19(21(20)32-2)27-23(30)26-17-15-24-22(25-16-17)29-13-11-28(12-14-29)18-7-4-3-5-8-18/h3-10,15-16H,11-14H2,1-2H3,(H2,26,27,30). The summed E-state index contributed by atoms with van der Waals surface area (Å²) in [5.74, 6) is 1.63. The number of hydrogen-bond donors (Lipinski definition) is 2. The summed E-state index contributed by atoms with van der Waals surface area (Å²) in [5.41, 5.74) is 2.22. The smallest absolute Gasteiger partial charge is 0.323 e. The fourth-order valence-electron chi connectivity index (χ4n) is 3.62. The molecule has 1 aromatic heterocycles. The van der Waals surface area contributed by atoms with Gasteiger partial charge in [-0.3, -0.25) is 0 Å². The monoisotopic (exact) mass is 434 g/mol. The SMILES string of the molecule is COc1cccc(NC(=O)Nc2cnc(N3CCN(c4ccccc4)CC3)nc2)c1OC. The van der Waals surface area contributed by atoms with Crippen LogP contribution in [0, 0.1) is 0 Å². The van der Waals surface area contributed by atoms with Crippen molar-refractivity contribution in [2.24, 2.45) is 0 Å². The van der Waals surface area contributed by atoms with Crippen LogP contribution in [0.4, 0.5) is 27.8 Å². The lowest BCUT2D eigenvalue weighted by Crippen LogP contribution is -2.47. The van der Waals surface area contributed by atoms with Crippen molar-refractivity contribution in [3.05, 3.63) is 60.9 Å². The van der Waals surface area contributed by atoms with Gasteiger partial charge >= 0.3 is 6.03 Å². The number of carbonyl (C=O) groups is 1. The van der Waals surface area contributed by atoms with E-state index in [0.29, 0.717) is 28.8 Å². The third-order valence-corrected chi connectivity index (χ3v) is 5.23. The van der Waals surface area contributed by atoms with E-state index in [-0.39, 0.29) is 0 Å². The molecule has 0 atom stereocenters. The maximum Gasteiger partial charge on any atom is 0.323 e. The zero-order chi connectivity index (χ0) is 22.3. The van der Waals surface area contributed by atoms with Crippen LogP contribution in [0.2, 0.25) is 0 Å². The van der Waals surface area contributed by atoms with Crippen molar-refractivity contribution in [2.45, 2.75) is 0 Å². The zero-order valence-corrected chi connectivity index (χ0v) is 18.1. The third-order valence-electron chi connectivity index (χ3n) is 5.23. The molecule has 0 unspecified atom stereocenters. The van der Waals surface area contributed by atoms with Gasteiger partial charge in [-0.15, -0.1) is 0 Å². The number of carbonyl (C=O) groups excluding carboxylic acids is 1. The summed E-state index contributed by atoms with van der Waals surface area (Å²) in [7, 11) is 3.06. The van der Waals surface area contributed by atoms with Gasteiger partial charge in [0.15, 0.2) is 11.5 Å². The Balaban J connectivity index is 1.33. The Morgan fingerprint density at radius 3 is 2.19 bits per heavy atom. The fraction of sp³-hybridized carbons (Fsp3) is 0.261. The molecule has 2 amide bonds. The first kappa shape index (κ1) is 21.2. The number of benzene rings is 2. The first-order valence-electron chi connectivity index (χ1n) is 10.3. The van der Waals surface area contributed by atoms with Crippen molar-refractivity contribution < 1.29 is 14.3 Å². The molecule has 2 heterocycles. The van der Waals surface area contributed by atoms with Gasteiger partial charge in [0.1, 0.15) is 0 Å². The Kier molecular flexibility index (Phi) is 6.54. The predicted molar refractivity (Wildman–Crippen MR) is 125 cm³/mol. The largest absolute Gasteiger partial charge is 0.493 e. The minimum atomic E-state index is -0.427. The van der Waals surface area contributed by atoms with Gasteiger partial charge in [-0.2, -0.15) is 0 Å². The number of ether oxygens (including phenoxy) is 2. The van der Waals surface area contributed by atoms with Crippen LogP contribution >= 0.6 is 0 Å². The molecule has 0 radical (unpaired) electrons. The van der Waals surface area contributed by atoms with Crippen LogP contribution in [0.3, 0.4) is 0 Å². The molecular weight excluding hydrogens is 408 g/mol. The van der Waals surface area contributed by atoms with Gasteiger partial charge in [0.05, 0.1) is 38.0 Å². The number of hydrogen-bond acceptors (Lipinski definition) is 7.